The normalized spacial score (nSPS) is 18.2. The molecule has 1 aliphatic heterocycles. The maximum absolute atomic E-state index is 10.6. The number of halogens is 3. The molecule has 180 valence electrons. The number of carboxylic acid groups (broad SMARTS) is 1. The number of anilines is 1. The number of piperazine rings is 1. The number of hydrogen-bond donors (Lipinski definition) is 3. The Bertz CT molecular complexity index is 1130. The highest BCUT2D eigenvalue weighted by Gasteiger charge is 2.38. The maximum atomic E-state index is 10.6. The number of carbonyl (C=O) groups is 1. The fourth-order valence-corrected chi connectivity index (χ4v) is 3.94. The second-order valence-corrected chi connectivity index (χ2v) is 8.38. The Hall–Kier alpha value is -3.39. The van der Waals surface area contributed by atoms with E-state index in [1.165, 1.54) is 24.4 Å². The Morgan fingerprint density at radius 2 is 1.97 bits per heavy atom. The third-order valence-corrected chi connectivity index (χ3v) is 5.84. The molecule has 3 heterocycles. The van der Waals surface area contributed by atoms with Gasteiger partial charge in [-0.2, -0.15) is 17.5 Å². The predicted molar refractivity (Wildman–Crippen MR) is 116 cm³/mol. The summed E-state index contributed by atoms with van der Waals surface area (Å²) in [6.07, 6.45) is -0.781. The lowest BCUT2D eigenvalue weighted by Gasteiger charge is -2.33. The van der Waals surface area contributed by atoms with Gasteiger partial charge in [-0.3, -0.25) is 0 Å². The number of aliphatic carboxylic acids is 1. The van der Waals surface area contributed by atoms with Crippen molar-refractivity contribution >= 4 is 23.5 Å². The van der Waals surface area contributed by atoms with Crippen LogP contribution in [0.25, 0.3) is 22.6 Å². The molecular weight excluding hydrogens is 475 g/mol. The minimum absolute atomic E-state index is 0.113. The van der Waals surface area contributed by atoms with E-state index in [1.807, 2.05) is 6.07 Å². The van der Waals surface area contributed by atoms with Crippen LogP contribution in [0.4, 0.5) is 19.1 Å². The SMILES string of the molecule is O=C(O)C(F)(F)F.Oc1cc(-c2ncsn2)ccc1-c1cnc(N2CCN[C@@H](C3CC3)C2)nn1. The molecule has 1 saturated carbocycles. The first kappa shape index (κ1) is 23.8. The van der Waals surface area contributed by atoms with Crippen molar-refractivity contribution in [1.82, 2.24) is 29.9 Å². The van der Waals surface area contributed by atoms with E-state index in [9.17, 15) is 18.3 Å². The van der Waals surface area contributed by atoms with Crippen molar-refractivity contribution in [2.75, 3.05) is 24.5 Å². The topological polar surface area (TPSA) is 137 Å². The first-order chi connectivity index (χ1) is 16.2. The van der Waals surface area contributed by atoms with Gasteiger partial charge in [0.05, 0.1) is 6.20 Å². The highest BCUT2D eigenvalue weighted by Crippen LogP contribution is 2.34. The lowest BCUT2D eigenvalue weighted by Crippen LogP contribution is -2.52. The summed E-state index contributed by atoms with van der Waals surface area (Å²) in [5.74, 6) is -0.601. The van der Waals surface area contributed by atoms with Crippen molar-refractivity contribution in [2.45, 2.75) is 25.1 Å². The van der Waals surface area contributed by atoms with Gasteiger partial charge in [-0.05, 0) is 42.4 Å². The summed E-state index contributed by atoms with van der Waals surface area (Å²) in [4.78, 5) is 19.7. The standard InChI is InChI=1S/C18H19N7OS.C2HF3O2/c26-16-7-12(17-21-10-27-24-17)3-4-13(16)14-8-20-18(23-22-14)25-6-5-19-15(9-25)11-1-2-11;3-2(4,5)1(6)7/h3-4,7-8,10-11,15,19,26H,1-2,5-6,9H2;(H,6,7)/t15-;/m1./s1. The molecule has 2 fully saturated rings. The van der Waals surface area contributed by atoms with Crippen molar-refractivity contribution in [1.29, 1.82) is 0 Å². The average Bonchev–Trinajstić information content (AvgIpc) is 3.53. The molecule has 34 heavy (non-hydrogen) atoms. The number of hydrogen-bond acceptors (Lipinski definition) is 10. The Morgan fingerprint density at radius 3 is 2.53 bits per heavy atom. The Kier molecular flexibility index (Phi) is 6.88. The van der Waals surface area contributed by atoms with Crippen LogP contribution in [0.3, 0.4) is 0 Å². The number of alkyl halides is 3. The van der Waals surface area contributed by atoms with Crippen molar-refractivity contribution in [3.63, 3.8) is 0 Å². The van der Waals surface area contributed by atoms with Crippen LogP contribution in [0.15, 0.2) is 29.9 Å². The van der Waals surface area contributed by atoms with Crippen molar-refractivity contribution in [3.05, 3.63) is 29.9 Å². The molecule has 5 rings (SSSR count). The van der Waals surface area contributed by atoms with Crippen LogP contribution in [-0.2, 0) is 4.79 Å². The van der Waals surface area contributed by atoms with E-state index in [2.05, 4.69) is 34.8 Å². The largest absolute Gasteiger partial charge is 0.507 e. The van der Waals surface area contributed by atoms with Crippen LogP contribution >= 0.6 is 11.5 Å². The van der Waals surface area contributed by atoms with Crippen molar-refractivity contribution < 1.29 is 28.2 Å². The smallest absolute Gasteiger partial charge is 0.490 e. The van der Waals surface area contributed by atoms with E-state index >= 15 is 0 Å². The van der Waals surface area contributed by atoms with Crippen LogP contribution in [0, 0.1) is 5.92 Å². The number of rotatable bonds is 4. The first-order valence-electron chi connectivity index (χ1n) is 10.3. The molecule has 1 atom stereocenters. The summed E-state index contributed by atoms with van der Waals surface area (Å²) in [5, 5.41) is 29.7. The zero-order valence-corrected chi connectivity index (χ0v) is 18.4. The van der Waals surface area contributed by atoms with E-state index in [1.54, 1.807) is 23.8 Å². The van der Waals surface area contributed by atoms with Gasteiger partial charge in [-0.1, -0.05) is 6.07 Å². The van der Waals surface area contributed by atoms with E-state index < -0.39 is 12.1 Å². The van der Waals surface area contributed by atoms with Gasteiger partial charge < -0.3 is 20.4 Å². The maximum Gasteiger partial charge on any atom is 0.490 e. The summed E-state index contributed by atoms with van der Waals surface area (Å²) in [7, 11) is 0. The number of benzene rings is 1. The van der Waals surface area contributed by atoms with Gasteiger partial charge in [0, 0.05) is 36.8 Å². The molecule has 1 saturated heterocycles. The minimum Gasteiger partial charge on any atom is -0.507 e. The fraction of sp³-hybridized carbons (Fsp3) is 0.400. The number of aromatic hydroxyl groups is 1. The number of carboxylic acids is 1. The number of nitrogens with zero attached hydrogens (tertiary/aromatic N) is 6. The number of phenols is 1. The number of aromatic nitrogens is 5. The first-order valence-corrected chi connectivity index (χ1v) is 11.1. The molecule has 2 aliphatic rings. The summed E-state index contributed by atoms with van der Waals surface area (Å²) in [6, 6.07) is 5.83. The Balaban J connectivity index is 0.000000344. The number of nitrogens with one attached hydrogen (secondary N) is 1. The van der Waals surface area contributed by atoms with E-state index in [-0.39, 0.29) is 5.75 Å². The fourth-order valence-electron chi connectivity index (χ4n) is 3.50. The third-order valence-electron chi connectivity index (χ3n) is 5.36. The van der Waals surface area contributed by atoms with Gasteiger partial charge in [0.1, 0.15) is 17.0 Å². The van der Waals surface area contributed by atoms with Gasteiger partial charge in [-0.25, -0.2) is 14.8 Å². The molecule has 2 aromatic heterocycles. The van der Waals surface area contributed by atoms with E-state index in [4.69, 9.17) is 9.90 Å². The molecular formula is C20H20F3N7O3S. The molecule has 3 N–H and O–H groups in total. The quantitative estimate of drug-likeness (QED) is 0.495. The highest BCUT2D eigenvalue weighted by molar-refractivity contribution is 7.03. The van der Waals surface area contributed by atoms with Crippen LogP contribution < -0.4 is 10.2 Å². The lowest BCUT2D eigenvalue weighted by atomic mass is 10.1. The number of phenolic OH excluding ortho intramolecular Hbond substituents is 1. The summed E-state index contributed by atoms with van der Waals surface area (Å²) < 4.78 is 35.9. The summed E-state index contributed by atoms with van der Waals surface area (Å²) >= 11 is 1.28. The molecule has 1 aromatic carbocycles. The zero-order valence-electron chi connectivity index (χ0n) is 17.6. The molecule has 0 amide bonds. The van der Waals surface area contributed by atoms with Crippen molar-refractivity contribution in [3.8, 4) is 28.4 Å². The molecule has 0 spiro atoms. The molecule has 0 bridgehead atoms. The second-order valence-electron chi connectivity index (χ2n) is 7.78. The molecule has 1 aliphatic carbocycles. The van der Waals surface area contributed by atoms with Crippen LogP contribution in [0.5, 0.6) is 5.75 Å². The molecule has 0 radical (unpaired) electrons. The van der Waals surface area contributed by atoms with Crippen molar-refractivity contribution in [2.24, 2.45) is 5.92 Å². The van der Waals surface area contributed by atoms with Crippen LogP contribution in [0.2, 0.25) is 0 Å². The predicted octanol–water partition coefficient (Wildman–Crippen LogP) is 2.58. The van der Waals surface area contributed by atoms with Gasteiger partial charge in [0.25, 0.3) is 0 Å². The Labute approximate surface area is 195 Å². The van der Waals surface area contributed by atoms with Crippen LogP contribution in [-0.4, -0.2) is 72.6 Å². The lowest BCUT2D eigenvalue weighted by molar-refractivity contribution is -0.192. The molecule has 14 heteroatoms. The minimum atomic E-state index is -5.08. The second kappa shape index (κ2) is 9.85. The van der Waals surface area contributed by atoms with E-state index in [0.717, 1.165) is 31.1 Å². The average molecular weight is 495 g/mol. The highest BCUT2D eigenvalue weighted by atomic mass is 32.1. The summed E-state index contributed by atoms with van der Waals surface area (Å²) in [6.45, 7) is 2.75. The zero-order chi connectivity index (χ0) is 24.3. The molecule has 0 unspecified atom stereocenters. The van der Waals surface area contributed by atoms with Gasteiger partial charge in [0.15, 0.2) is 5.82 Å². The van der Waals surface area contributed by atoms with Gasteiger partial charge >= 0.3 is 12.1 Å². The van der Waals surface area contributed by atoms with E-state index in [0.29, 0.717) is 29.1 Å². The summed E-state index contributed by atoms with van der Waals surface area (Å²) in [5.41, 5.74) is 3.57. The van der Waals surface area contributed by atoms with Crippen LogP contribution in [0.1, 0.15) is 12.8 Å². The van der Waals surface area contributed by atoms with Gasteiger partial charge in [0.2, 0.25) is 5.95 Å². The molecule has 3 aromatic rings. The monoisotopic (exact) mass is 495 g/mol. The third kappa shape index (κ3) is 5.75. The van der Waals surface area contributed by atoms with Gasteiger partial charge in [-0.15, -0.1) is 10.2 Å². The molecule has 10 nitrogen and oxygen atoms in total. The Morgan fingerprint density at radius 1 is 1.21 bits per heavy atom.